The van der Waals surface area contributed by atoms with Gasteiger partial charge in [-0.1, -0.05) is 119 Å². The minimum absolute atomic E-state index is 0. The molecule has 0 aliphatic carbocycles. The molecular formula is C44H56CoN2O6. The zero-order chi connectivity index (χ0) is 40.0. The van der Waals surface area contributed by atoms with E-state index in [9.17, 15) is 10.2 Å². The molecule has 4 rings (SSSR count). The molecule has 0 bridgehead atoms. The fourth-order valence-electron chi connectivity index (χ4n) is 5.22. The van der Waals surface area contributed by atoms with Gasteiger partial charge in [0.25, 0.3) is 0 Å². The van der Waals surface area contributed by atoms with Crippen LogP contribution in [0.1, 0.15) is 130 Å². The van der Waals surface area contributed by atoms with Gasteiger partial charge in [-0.2, -0.15) is 0 Å². The van der Waals surface area contributed by atoms with Gasteiger partial charge in [0, 0.05) is 46.6 Å². The number of hydrogen-bond acceptors (Lipinski definition) is 8. The molecule has 1 radical (unpaired) electrons. The minimum Gasteiger partial charge on any atom is -0.550 e. The summed E-state index contributed by atoms with van der Waals surface area (Å²) in [5, 5.41) is 42.6. The summed E-state index contributed by atoms with van der Waals surface area (Å²) in [7, 11) is 0. The van der Waals surface area contributed by atoms with Crippen molar-refractivity contribution in [1.29, 1.82) is 0 Å². The molecule has 0 unspecified atom stereocenters. The van der Waals surface area contributed by atoms with Crippen LogP contribution in [0.15, 0.2) is 70.6 Å². The minimum atomic E-state index is -1.08. The summed E-state index contributed by atoms with van der Waals surface area (Å²) in [5.41, 5.74) is 6.13. The van der Waals surface area contributed by atoms with Crippen LogP contribution in [0.25, 0.3) is 10.8 Å². The second kappa shape index (κ2) is 18.0. The van der Waals surface area contributed by atoms with E-state index in [-0.39, 0.29) is 49.9 Å². The van der Waals surface area contributed by atoms with Crippen LogP contribution in [0, 0.1) is 0 Å². The molecular weight excluding hydrogens is 711 g/mol. The summed E-state index contributed by atoms with van der Waals surface area (Å²) in [6.07, 6.45) is 3.50. The number of carboxylic acids is 2. The summed E-state index contributed by atoms with van der Waals surface area (Å²) in [5.74, 6) is -1.67. The molecule has 0 amide bonds. The third-order valence-electron chi connectivity index (χ3n) is 8.16. The Hall–Kier alpha value is -4.47. The largest absolute Gasteiger partial charge is 2.00 e. The summed E-state index contributed by atoms with van der Waals surface area (Å²) in [6.45, 7) is 27.7. The van der Waals surface area contributed by atoms with Crippen molar-refractivity contribution in [3.8, 4) is 11.5 Å². The zero-order valence-electron chi connectivity index (χ0n) is 33.7. The Labute approximate surface area is 326 Å². The smallest absolute Gasteiger partial charge is 0.550 e. The van der Waals surface area contributed by atoms with Crippen molar-refractivity contribution in [2.45, 2.75) is 119 Å². The van der Waals surface area contributed by atoms with Crippen molar-refractivity contribution in [2.75, 3.05) is 0 Å². The summed E-state index contributed by atoms with van der Waals surface area (Å²) >= 11 is 0. The number of carbonyl (C=O) groups excluding carboxylic acids is 2. The van der Waals surface area contributed by atoms with Gasteiger partial charge in [0.2, 0.25) is 0 Å². The van der Waals surface area contributed by atoms with Crippen LogP contribution in [0.5, 0.6) is 11.5 Å². The number of carboxylic acid groups (broad SMARTS) is 2. The van der Waals surface area contributed by atoms with E-state index in [2.05, 4.69) is 107 Å². The average Bonchev–Trinajstić information content (AvgIpc) is 2.97. The van der Waals surface area contributed by atoms with Gasteiger partial charge in [0.15, 0.2) is 0 Å². The molecule has 0 spiro atoms. The second-order valence-electron chi connectivity index (χ2n) is 17.1. The number of aliphatic imine (C=N–C) groups is 2. The molecule has 4 aromatic rings. The van der Waals surface area contributed by atoms with Crippen molar-refractivity contribution in [3.63, 3.8) is 0 Å². The number of phenols is 2. The van der Waals surface area contributed by atoms with E-state index in [4.69, 9.17) is 29.8 Å². The Bertz CT molecular complexity index is 1820. The second-order valence-corrected chi connectivity index (χ2v) is 17.1. The molecule has 287 valence electrons. The van der Waals surface area contributed by atoms with Crippen LogP contribution in [0.3, 0.4) is 0 Å². The molecule has 0 aliphatic heterocycles. The van der Waals surface area contributed by atoms with Crippen LogP contribution >= 0.6 is 0 Å². The Morgan fingerprint density at radius 3 is 1.08 bits per heavy atom. The number of aliphatic carboxylic acids is 2. The molecule has 8 nitrogen and oxygen atoms in total. The Balaban J connectivity index is 0.00000142. The quantitative estimate of drug-likeness (QED) is 0.199. The first kappa shape index (κ1) is 46.5. The van der Waals surface area contributed by atoms with E-state index in [1.807, 2.05) is 36.4 Å². The average molecular weight is 768 g/mol. The van der Waals surface area contributed by atoms with Gasteiger partial charge in [-0.05, 0) is 81.7 Å². The fourth-order valence-corrected chi connectivity index (χ4v) is 5.22. The summed E-state index contributed by atoms with van der Waals surface area (Å²) in [6, 6.07) is 20.5. The van der Waals surface area contributed by atoms with Crippen molar-refractivity contribution < 1.29 is 46.8 Å². The molecule has 0 aromatic heterocycles. The van der Waals surface area contributed by atoms with Crippen LogP contribution in [0.4, 0.5) is 11.4 Å². The maximum atomic E-state index is 11.4. The van der Waals surface area contributed by atoms with Crippen LogP contribution in [-0.2, 0) is 48.0 Å². The Morgan fingerprint density at radius 2 is 0.830 bits per heavy atom. The molecule has 0 atom stereocenters. The maximum Gasteiger partial charge on any atom is 2.00 e. The first-order chi connectivity index (χ1) is 23.6. The third-order valence-corrected chi connectivity index (χ3v) is 8.16. The number of hydrogen-bond donors (Lipinski definition) is 2. The SMILES string of the molecule is CC(=O)[O-].CC(=O)[O-].CC(C)(C)c1cc(C=Nc2cc3ccccc3cc2N=Cc2cc(C(C)(C)C)cc(C(C)(C)C)c2O)c(O)c(C(C)(C)C)c1.[Co+2]. The predicted molar refractivity (Wildman–Crippen MR) is 211 cm³/mol. The monoisotopic (exact) mass is 767 g/mol. The first-order valence-corrected chi connectivity index (χ1v) is 17.3. The van der Waals surface area contributed by atoms with Gasteiger partial charge < -0.3 is 30.0 Å². The number of nitrogens with zero attached hydrogens (tertiary/aromatic N) is 2. The van der Waals surface area contributed by atoms with Gasteiger partial charge in [0.1, 0.15) is 11.5 Å². The fraction of sp³-hybridized carbons (Fsp3) is 0.409. The van der Waals surface area contributed by atoms with E-state index in [0.29, 0.717) is 22.5 Å². The number of fused-ring (bicyclic) bond motifs is 1. The molecule has 9 heteroatoms. The molecule has 0 saturated heterocycles. The standard InChI is InChI=1S/C40H50N2O2.2C2H4O2.Co/c1-37(2,3)29-17-27(35(43)31(21-29)39(7,8)9)23-41-33-19-25-15-13-14-16-26(25)20-34(33)42-24-28-18-30(38(4,5)6)22-32(36(28)44)40(10,11)12;2*1-2(3)4;/h13-24,43-44H,1-12H3;2*1H3,(H,3,4);/q;;;+2/p-2. The van der Waals surface area contributed by atoms with Crippen LogP contribution in [0.2, 0.25) is 0 Å². The first-order valence-electron chi connectivity index (χ1n) is 17.3. The number of aromatic hydroxyl groups is 2. The molecule has 0 saturated carbocycles. The van der Waals surface area contributed by atoms with Gasteiger partial charge >= 0.3 is 16.8 Å². The molecule has 0 fully saturated rings. The molecule has 2 N–H and O–H groups in total. The number of carbonyl (C=O) groups is 2. The third kappa shape index (κ3) is 13.8. The van der Waals surface area contributed by atoms with Crippen molar-refractivity contribution >= 4 is 46.5 Å². The van der Waals surface area contributed by atoms with Gasteiger partial charge in [0.05, 0.1) is 11.4 Å². The van der Waals surface area contributed by atoms with Crippen molar-refractivity contribution in [2.24, 2.45) is 9.98 Å². The zero-order valence-corrected chi connectivity index (χ0v) is 34.7. The summed E-state index contributed by atoms with van der Waals surface area (Å²) in [4.78, 5) is 27.6. The van der Waals surface area contributed by atoms with Gasteiger partial charge in [-0.3, -0.25) is 9.98 Å². The van der Waals surface area contributed by atoms with E-state index in [1.54, 1.807) is 12.4 Å². The predicted octanol–water partition coefficient (Wildman–Crippen LogP) is 8.45. The Morgan fingerprint density at radius 1 is 0.547 bits per heavy atom. The number of rotatable bonds is 4. The van der Waals surface area contributed by atoms with Crippen LogP contribution in [-0.4, -0.2) is 34.6 Å². The summed E-state index contributed by atoms with van der Waals surface area (Å²) < 4.78 is 0. The number of phenolic OH excluding ortho intramolecular Hbond substituents is 2. The normalized spacial score (nSPS) is 12.1. The molecule has 0 heterocycles. The topological polar surface area (TPSA) is 145 Å². The molecule has 53 heavy (non-hydrogen) atoms. The Kier molecular flexibility index (Phi) is 15.8. The van der Waals surface area contributed by atoms with Crippen molar-refractivity contribution in [3.05, 3.63) is 94.0 Å². The van der Waals surface area contributed by atoms with E-state index in [0.717, 1.165) is 46.9 Å². The maximum absolute atomic E-state index is 11.4. The van der Waals surface area contributed by atoms with Gasteiger partial charge in [-0.15, -0.1) is 0 Å². The van der Waals surface area contributed by atoms with E-state index in [1.165, 1.54) is 0 Å². The van der Waals surface area contributed by atoms with Gasteiger partial charge in [-0.25, -0.2) is 0 Å². The van der Waals surface area contributed by atoms with Crippen molar-refractivity contribution in [1.82, 2.24) is 0 Å². The van der Waals surface area contributed by atoms with E-state index >= 15 is 0 Å². The van der Waals surface area contributed by atoms with E-state index < -0.39 is 11.9 Å². The van der Waals surface area contributed by atoms with Crippen LogP contribution < -0.4 is 10.2 Å². The number of benzene rings is 4. The molecule has 0 aliphatic rings. The molecule has 4 aromatic carbocycles.